The number of likely N-dealkylation sites (tertiary alicyclic amines) is 1. The van der Waals surface area contributed by atoms with Crippen molar-refractivity contribution in [1.82, 2.24) is 10.2 Å². The van der Waals surface area contributed by atoms with Gasteiger partial charge in [0.05, 0.1) is 25.3 Å². The highest BCUT2D eigenvalue weighted by molar-refractivity contribution is 5.97. The SMILES string of the molecule is CC[C@@H](COC)NC(=O)c1cc(OC)ccc1OC1CCN(C(=O)C2CC2)CC1. The van der Waals surface area contributed by atoms with Crippen molar-refractivity contribution in [2.45, 2.75) is 51.2 Å². The Morgan fingerprint density at radius 3 is 2.48 bits per heavy atom. The lowest BCUT2D eigenvalue weighted by atomic mass is 10.1. The Balaban J connectivity index is 1.65. The van der Waals surface area contributed by atoms with Crippen molar-refractivity contribution < 1.29 is 23.8 Å². The van der Waals surface area contributed by atoms with E-state index < -0.39 is 0 Å². The average molecular weight is 405 g/mol. The van der Waals surface area contributed by atoms with Crippen molar-refractivity contribution in [3.63, 3.8) is 0 Å². The largest absolute Gasteiger partial charge is 0.497 e. The second kappa shape index (κ2) is 9.96. The molecule has 0 aromatic heterocycles. The normalized spacial score (nSPS) is 18.2. The summed E-state index contributed by atoms with van der Waals surface area (Å²) in [6, 6.07) is 5.22. The lowest BCUT2D eigenvalue weighted by molar-refractivity contribution is -0.134. The van der Waals surface area contributed by atoms with E-state index >= 15 is 0 Å². The van der Waals surface area contributed by atoms with Gasteiger partial charge in [0.2, 0.25) is 5.91 Å². The van der Waals surface area contributed by atoms with Crippen LogP contribution in [0.3, 0.4) is 0 Å². The summed E-state index contributed by atoms with van der Waals surface area (Å²) in [5.74, 6) is 1.48. The minimum atomic E-state index is -0.204. The van der Waals surface area contributed by atoms with Gasteiger partial charge in [0.15, 0.2) is 0 Å². The number of hydrogen-bond donors (Lipinski definition) is 1. The summed E-state index contributed by atoms with van der Waals surface area (Å²) in [5.41, 5.74) is 0.454. The number of carbonyl (C=O) groups excluding carboxylic acids is 2. The molecule has 7 heteroatoms. The Labute approximate surface area is 172 Å². The molecular formula is C22H32N2O5. The lowest BCUT2D eigenvalue weighted by Crippen LogP contribution is -2.42. The molecule has 160 valence electrons. The number of nitrogens with zero attached hydrogens (tertiary/aromatic N) is 1. The summed E-state index contributed by atoms with van der Waals surface area (Å²) in [6.45, 7) is 3.88. The zero-order chi connectivity index (χ0) is 20.8. The van der Waals surface area contributed by atoms with Gasteiger partial charge in [0.25, 0.3) is 5.91 Å². The Morgan fingerprint density at radius 2 is 1.90 bits per heavy atom. The van der Waals surface area contributed by atoms with Crippen molar-refractivity contribution in [3.05, 3.63) is 23.8 Å². The molecule has 0 radical (unpaired) electrons. The van der Waals surface area contributed by atoms with Crippen molar-refractivity contribution >= 4 is 11.8 Å². The number of ether oxygens (including phenoxy) is 3. The van der Waals surface area contributed by atoms with Crippen LogP contribution in [0.4, 0.5) is 0 Å². The number of rotatable bonds is 9. The van der Waals surface area contributed by atoms with Crippen LogP contribution in [0.1, 0.15) is 49.4 Å². The molecule has 1 saturated carbocycles. The number of nitrogens with one attached hydrogen (secondary N) is 1. The van der Waals surface area contributed by atoms with E-state index in [-0.39, 0.29) is 29.9 Å². The van der Waals surface area contributed by atoms with Gasteiger partial charge in [-0.15, -0.1) is 0 Å². The molecule has 1 aromatic rings. The number of amides is 2. The molecule has 2 amide bonds. The zero-order valence-electron chi connectivity index (χ0n) is 17.6. The zero-order valence-corrected chi connectivity index (χ0v) is 17.6. The fourth-order valence-corrected chi connectivity index (χ4v) is 3.60. The summed E-state index contributed by atoms with van der Waals surface area (Å²) >= 11 is 0. The quantitative estimate of drug-likeness (QED) is 0.685. The fraction of sp³-hybridized carbons (Fsp3) is 0.636. The molecule has 3 rings (SSSR count). The van der Waals surface area contributed by atoms with Crippen LogP contribution in [-0.4, -0.2) is 62.8 Å². The van der Waals surface area contributed by atoms with E-state index in [0.29, 0.717) is 36.8 Å². The van der Waals surface area contributed by atoms with Gasteiger partial charge < -0.3 is 24.4 Å². The highest BCUT2D eigenvalue weighted by atomic mass is 16.5. The first-order chi connectivity index (χ1) is 14.0. The molecule has 0 unspecified atom stereocenters. The smallest absolute Gasteiger partial charge is 0.255 e. The van der Waals surface area contributed by atoms with E-state index in [9.17, 15) is 9.59 Å². The molecule has 0 bridgehead atoms. The van der Waals surface area contributed by atoms with Crippen molar-refractivity contribution in [1.29, 1.82) is 0 Å². The van der Waals surface area contributed by atoms with Gasteiger partial charge >= 0.3 is 0 Å². The van der Waals surface area contributed by atoms with Gasteiger partial charge in [-0.1, -0.05) is 6.92 Å². The molecule has 7 nitrogen and oxygen atoms in total. The maximum atomic E-state index is 12.9. The Bertz CT molecular complexity index is 711. The number of hydrogen-bond acceptors (Lipinski definition) is 5. The summed E-state index contributed by atoms with van der Waals surface area (Å²) < 4.78 is 16.7. The van der Waals surface area contributed by atoms with Crippen LogP contribution in [0.2, 0.25) is 0 Å². The van der Waals surface area contributed by atoms with Crippen molar-refractivity contribution in [2.75, 3.05) is 33.9 Å². The molecule has 1 heterocycles. The monoisotopic (exact) mass is 404 g/mol. The molecule has 1 aliphatic carbocycles. The van der Waals surface area contributed by atoms with E-state index in [4.69, 9.17) is 14.2 Å². The number of methoxy groups -OCH3 is 2. The first kappa shape index (κ1) is 21.4. The predicted octanol–water partition coefficient (Wildman–Crippen LogP) is 2.63. The van der Waals surface area contributed by atoms with Crippen LogP contribution < -0.4 is 14.8 Å². The van der Waals surface area contributed by atoms with Gasteiger partial charge in [-0.3, -0.25) is 9.59 Å². The van der Waals surface area contributed by atoms with Crippen LogP contribution in [-0.2, 0) is 9.53 Å². The predicted molar refractivity (Wildman–Crippen MR) is 109 cm³/mol. The Kier molecular flexibility index (Phi) is 7.36. The van der Waals surface area contributed by atoms with Gasteiger partial charge in [-0.2, -0.15) is 0 Å². The van der Waals surface area contributed by atoms with Crippen LogP contribution >= 0.6 is 0 Å². The summed E-state index contributed by atoms with van der Waals surface area (Å²) in [6.07, 6.45) is 4.36. The van der Waals surface area contributed by atoms with Crippen LogP contribution in [0.25, 0.3) is 0 Å². The summed E-state index contributed by atoms with van der Waals surface area (Å²) in [7, 11) is 3.19. The third-order valence-electron chi connectivity index (χ3n) is 5.60. The molecule has 2 aliphatic rings. The number of benzene rings is 1. The number of piperidine rings is 1. The molecule has 1 aliphatic heterocycles. The third kappa shape index (κ3) is 5.63. The topological polar surface area (TPSA) is 77.1 Å². The lowest BCUT2D eigenvalue weighted by Gasteiger charge is -2.32. The van der Waals surface area contributed by atoms with Crippen LogP contribution in [0.5, 0.6) is 11.5 Å². The molecule has 1 atom stereocenters. The Morgan fingerprint density at radius 1 is 1.17 bits per heavy atom. The average Bonchev–Trinajstić information content (AvgIpc) is 3.59. The molecule has 29 heavy (non-hydrogen) atoms. The van der Waals surface area contributed by atoms with E-state index in [0.717, 1.165) is 32.1 Å². The molecule has 1 N–H and O–H groups in total. The fourth-order valence-electron chi connectivity index (χ4n) is 3.60. The molecular weight excluding hydrogens is 372 g/mol. The minimum Gasteiger partial charge on any atom is -0.497 e. The molecule has 2 fully saturated rings. The molecule has 0 spiro atoms. The van der Waals surface area contributed by atoms with Crippen LogP contribution in [0.15, 0.2) is 18.2 Å². The second-order valence-electron chi connectivity index (χ2n) is 7.81. The maximum Gasteiger partial charge on any atom is 0.255 e. The standard InChI is InChI=1S/C22H32N2O5/c1-4-16(14-27-2)23-21(25)19-13-18(28-3)7-8-20(19)29-17-9-11-24(12-10-17)22(26)15-5-6-15/h7-8,13,15-17H,4-6,9-12,14H2,1-3H3,(H,23,25)/t16-/m0/s1. The van der Waals surface area contributed by atoms with E-state index in [1.165, 1.54) is 0 Å². The first-order valence-corrected chi connectivity index (χ1v) is 10.5. The maximum absolute atomic E-state index is 12.9. The van der Waals surface area contributed by atoms with E-state index in [1.54, 1.807) is 32.4 Å². The summed E-state index contributed by atoms with van der Waals surface area (Å²) in [4.78, 5) is 27.1. The van der Waals surface area contributed by atoms with E-state index in [2.05, 4.69) is 5.32 Å². The van der Waals surface area contributed by atoms with Crippen molar-refractivity contribution in [3.8, 4) is 11.5 Å². The summed E-state index contributed by atoms with van der Waals surface area (Å²) in [5, 5.41) is 3.00. The van der Waals surface area contributed by atoms with Gasteiger partial charge in [-0.05, 0) is 37.5 Å². The van der Waals surface area contributed by atoms with E-state index in [1.807, 2.05) is 11.8 Å². The highest BCUT2D eigenvalue weighted by Gasteiger charge is 2.35. The van der Waals surface area contributed by atoms with Gasteiger partial charge in [0, 0.05) is 39.0 Å². The first-order valence-electron chi connectivity index (χ1n) is 10.5. The highest BCUT2D eigenvalue weighted by Crippen LogP contribution is 2.33. The third-order valence-corrected chi connectivity index (χ3v) is 5.60. The van der Waals surface area contributed by atoms with Crippen molar-refractivity contribution in [2.24, 2.45) is 5.92 Å². The second-order valence-corrected chi connectivity index (χ2v) is 7.81. The van der Waals surface area contributed by atoms with Gasteiger partial charge in [0.1, 0.15) is 17.6 Å². The Hall–Kier alpha value is -2.28. The molecule has 1 saturated heterocycles. The number of carbonyl (C=O) groups is 2. The minimum absolute atomic E-state index is 0.0147. The molecule has 1 aromatic carbocycles. The van der Waals surface area contributed by atoms with Crippen LogP contribution in [0, 0.1) is 5.92 Å². The van der Waals surface area contributed by atoms with Gasteiger partial charge in [-0.25, -0.2) is 0 Å².